The molecule has 214 valence electrons. The summed E-state index contributed by atoms with van der Waals surface area (Å²) in [7, 11) is 0. The number of nitrogens with one attached hydrogen (secondary N) is 1. The molecule has 6 aromatic rings. The second-order valence-electron chi connectivity index (χ2n) is 11.0. The number of aromatic nitrogens is 4. The molecular weight excluding hydrogens is 541 g/mol. The van der Waals surface area contributed by atoms with Gasteiger partial charge in [-0.15, -0.1) is 0 Å². The smallest absolute Gasteiger partial charge is 0.227 e. The van der Waals surface area contributed by atoms with Gasteiger partial charge in [0.05, 0.1) is 17.1 Å². The third kappa shape index (κ3) is 4.82. The quantitative estimate of drug-likeness (QED) is 0.195. The Kier molecular flexibility index (Phi) is 6.69. The van der Waals surface area contributed by atoms with Gasteiger partial charge in [-0.2, -0.15) is 0 Å². The molecule has 0 aliphatic heterocycles. The molecule has 43 heavy (non-hydrogen) atoms. The molecule has 1 aliphatic rings. The van der Waals surface area contributed by atoms with Crippen molar-refractivity contribution >= 4 is 39.5 Å². The molecule has 5 N–H and O–H groups in total. The number of imidazole rings is 1. The standard InChI is InChI=1S/C34H30FN7O/c35-28-24(16-14-21-15-17-26(39-29(21)28)20-6-2-1-3-7-20)30-31-32(37)38-18-19-42(31)33(41-30)22-10-12-23(13-11-22)34(43)40-27-9-5-4-8-25(27)36/h1-9,14-19,22-23H,10-13,36H2,(H2,37,38)(H,40,43). The van der Waals surface area contributed by atoms with Crippen molar-refractivity contribution < 1.29 is 9.18 Å². The maximum absolute atomic E-state index is 16.3. The molecule has 0 radical (unpaired) electrons. The first-order valence-electron chi connectivity index (χ1n) is 14.4. The molecule has 9 heteroatoms. The molecule has 0 bridgehead atoms. The van der Waals surface area contributed by atoms with Crippen molar-refractivity contribution in [1.82, 2.24) is 19.4 Å². The van der Waals surface area contributed by atoms with E-state index in [2.05, 4.69) is 15.3 Å². The van der Waals surface area contributed by atoms with Gasteiger partial charge in [0.2, 0.25) is 5.91 Å². The lowest BCUT2D eigenvalue weighted by Gasteiger charge is -2.27. The number of nitrogens with zero attached hydrogens (tertiary/aromatic N) is 4. The van der Waals surface area contributed by atoms with Gasteiger partial charge >= 0.3 is 0 Å². The topological polar surface area (TPSA) is 124 Å². The van der Waals surface area contributed by atoms with E-state index in [0.29, 0.717) is 52.1 Å². The van der Waals surface area contributed by atoms with Crippen LogP contribution >= 0.6 is 0 Å². The Morgan fingerprint density at radius 2 is 1.63 bits per heavy atom. The fourth-order valence-corrected chi connectivity index (χ4v) is 6.13. The molecule has 3 heterocycles. The third-order valence-corrected chi connectivity index (χ3v) is 8.42. The fourth-order valence-electron chi connectivity index (χ4n) is 6.13. The van der Waals surface area contributed by atoms with Crippen LogP contribution in [0.5, 0.6) is 0 Å². The first-order valence-corrected chi connectivity index (χ1v) is 14.4. The highest BCUT2D eigenvalue weighted by Gasteiger charge is 2.31. The number of fused-ring (bicyclic) bond motifs is 2. The number of carbonyl (C=O) groups excluding carboxylic acids is 1. The van der Waals surface area contributed by atoms with Crippen LogP contribution in [-0.2, 0) is 4.79 Å². The Labute approximate surface area is 247 Å². The van der Waals surface area contributed by atoms with Crippen LogP contribution in [0.1, 0.15) is 37.4 Å². The van der Waals surface area contributed by atoms with Crippen molar-refractivity contribution in [2.24, 2.45) is 5.92 Å². The fraction of sp³-hybridized carbons (Fsp3) is 0.176. The number of halogens is 1. The van der Waals surface area contributed by atoms with Crippen LogP contribution in [-0.4, -0.2) is 25.3 Å². The molecule has 3 aromatic heterocycles. The van der Waals surface area contributed by atoms with E-state index in [1.165, 1.54) is 0 Å². The molecule has 0 spiro atoms. The number of anilines is 3. The van der Waals surface area contributed by atoms with Crippen LogP contribution in [0.4, 0.5) is 21.6 Å². The maximum atomic E-state index is 16.3. The van der Waals surface area contributed by atoms with Gasteiger partial charge in [0.1, 0.15) is 28.4 Å². The highest BCUT2D eigenvalue weighted by molar-refractivity contribution is 5.95. The average Bonchev–Trinajstić information content (AvgIpc) is 3.43. The predicted molar refractivity (Wildman–Crippen MR) is 168 cm³/mol. The van der Waals surface area contributed by atoms with Crippen molar-refractivity contribution in [2.75, 3.05) is 16.8 Å². The van der Waals surface area contributed by atoms with E-state index in [-0.39, 0.29) is 29.1 Å². The Hall–Kier alpha value is -5.31. The monoisotopic (exact) mass is 571 g/mol. The van der Waals surface area contributed by atoms with Gasteiger partial charge in [-0.1, -0.05) is 54.6 Å². The summed E-state index contributed by atoms with van der Waals surface area (Å²) >= 11 is 0. The second-order valence-corrected chi connectivity index (χ2v) is 11.0. The first kappa shape index (κ1) is 26.6. The lowest BCUT2D eigenvalue weighted by Crippen LogP contribution is -2.27. The van der Waals surface area contributed by atoms with E-state index in [1.807, 2.05) is 71.3 Å². The molecule has 1 amide bonds. The Morgan fingerprint density at radius 1 is 0.884 bits per heavy atom. The Morgan fingerprint density at radius 3 is 2.42 bits per heavy atom. The van der Waals surface area contributed by atoms with Gasteiger partial charge in [-0.3, -0.25) is 9.20 Å². The van der Waals surface area contributed by atoms with E-state index < -0.39 is 5.82 Å². The second kappa shape index (κ2) is 10.8. The predicted octanol–water partition coefficient (Wildman–Crippen LogP) is 6.83. The summed E-state index contributed by atoms with van der Waals surface area (Å²) in [5.41, 5.74) is 16.8. The zero-order chi connectivity index (χ0) is 29.5. The summed E-state index contributed by atoms with van der Waals surface area (Å²) in [5, 5.41) is 3.67. The lowest BCUT2D eigenvalue weighted by atomic mass is 9.81. The zero-order valence-electron chi connectivity index (χ0n) is 23.4. The van der Waals surface area contributed by atoms with E-state index in [1.54, 1.807) is 24.4 Å². The number of nitrogens with two attached hydrogens (primary N) is 2. The zero-order valence-corrected chi connectivity index (χ0v) is 23.4. The summed E-state index contributed by atoms with van der Waals surface area (Å²) < 4.78 is 18.2. The number of nitrogen functional groups attached to an aromatic ring is 2. The first-order chi connectivity index (χ1) is 21.0. The largest absolute Gasteiger partial charge is 0.397 e. The Balaban J connectivity index is 1.21. The van der Waals surface area contributed by atoms with Crippen molar-refractivity contribution in [2.45, 2.75) is 31.6 Å². The van der Waals surface area contributed by atoms with Crippen molar-refractivity contribution in [3.63, 3.8) is 0 Å². The van der Waals surface area contributed by atoms with E-state index in [0.717, 1.165) is 24.2 Å². The molecule has 0 atom stereocenters. The molecule has 0 unspecified atom stereocenters. The van der Waals surface area contributed by atoms with Crippen LogP contribution in [0.2, 0.25) is 0 Å². The molecule has 1 fully saturated rings. The van der Waals surface area contributed by atoms with Gasteiger partial charge in [0.25, 0.3) is 0 Å². The van der Waals surface area contributed by atoms with Crippen LogP contribution in [0.3, 0.4) is 0 Å². The van der Waals surface area contributed by atoms with Crippen LogP contribution in [0.25, 0.3) is 38.9 Å². The van der Waals surface area contributed by atoms with Crippen molar-refractivity contribution in [3.05, 3.63) is 103 Å². The summed E-state index contributed by atoms with van der Waals surface area (Å²) in [6.07, 6.45) is 6.36. The number of para-hydroxylation sites is 2. The summed E-state index contributed by atoms with van der Waals surface area (Å²) in [5.74, 6) is 0.520. The minimum atomic E-state index is -0.453. The summed E-state index contributed by atoms with van der Waals surface area (Å²) in [6.45, 7) is 0. The van der Waals surface area contributed by atoms with Crippen molar-refractivity contribution in [1.29, 1.82) is 0 Å². The van der Waals surface area contributed by atoms with Gasteiger partial charge in [-0.05, 0) is 49.9 Å². The summed E-state index contributed by atoms with van der Waals surface area (Å²) in [6, 6.07) is 24.3. The van der Waals surface area contributed by atoms with Gasteiger partial charge in [-0.25, -0.2) is 19.3 Å². The number of rotatable bonds is 5. The normalized spacial score (nSPS) is 16.9. The molecule has 1 saturated carbocycles. The highest BCUT2D eigenvalue weighted by atomic mass is 19.1. The third-order valence-electron chi connectivity index (χ3n) is 8.42. The SMILES string of the molecule is Nc1ccccc1NC(=O)C1CCC(c2nc(-c3ccc4ccc(-c5ccccc5)nc4c3F)c3c(N)nccn23)CC1. The van der Waals surface area contributed by atoms with Crippen molar-refractivity contribution in [3.8, 4) is 22.5 Å². The number of hydrogen-bond donors (Lipinski definition) is 3. The molecule has 8 nitrogen and oxygen atoms in total. The average molecular weight is 572 g/mol. The molecular formula is C34H30FN7O. The maximum Gasteiger partial charge on any atom is 0.227 e. The molecule has 7 rings (SSSR count). The van der Waals surface area contributed by atoms with Gasteiger partial charge in [0, 0.05) is 40.7 Å². The number of carbonyl (C=O) groups is 1. The van der Waals surface area contributed by atoms with E-state index >= 15 is 4.39 Å². The number of hydrogen-bond acceptors (Lipinski definition) is 6. The lowest BCUT2D eigenvalue weighted by molar-refractivity contribution is -0.120. The Bertz CT molecular complexity index is 1980. The molecule has 0 saturated heterocycles. The highest BCUT2D eigenvalue weighted by Crippen LogP contribution is 2.40. The van der Waals surface area contributed by atoms with Crippen LogP contribution in [0, 0.1) is 11.7 Å². The van der Waals surface area contributed by atoms with Crippen LogP contribution < -0.4 is 16.8 Å². The van der Waals surface area contributed by atoms with Crippen LogP contribution in [0.15, 0.2) is 91.3 Å². The minimum absolute atomic E-state index is 0.0286. The van der Waals surface area contributed by atoms with E-state index in [9.17, 15) is 4.79 Å². The number of amides is 1. The minimum Gasteiger partial charge on any atom is -0.397 e. The van der Waals surface area contributed by atoms with E-state index in [4.69, 9.17) is 16.5 Å². The van der Waals surface area contributed by atoms with Gasteiger partial charge in [0.15, 0.2) is 5.82 Å². The molecule has 3 aromatic carbocycles. The number of benzene rings is 3. The molecule has 1 aliphatic carbocycles. The number of pyridine rings is 1. The van der Waals surface area contributed by atoms with Gasteiger partial charge < -0.3 is 16.8 Å². The summed E-state index contributed by atoms with van der Waals surface area (Å²) in [4.78, 5) is 27.0.